The summed E-state index contributed by atoms with van der Waals surface area (Å²) in [4.78, 5) is 14.6. The van der Waals surface area contributed by atoms with Crippen molar-refractivity contribution in [1.29, 1.82) is 0 Å². The van der Waals surface area contributed by atoms with E-state index in [1.807, 2.05) is 29.2 Å². The molecule has 1 aliphatic rings. The summed E-state index contributed by atoms with van der Waals surface area (Å²) in [6, 6.07) is 12.5. The molecule has 0 N–H and O–H groups in total. The molecule has 6 heteroatoms. The molecule has 1 aliphatic heterocycles. The first-order valence-electron chi connectivity index (χ1n) is 6.69. The summed E-state index contributed by atoms with van der Waals surface area (Å²) < 4.78 is 0. The third-order valence-electron chi connectivity index (χ3n) is 3.40. The Morgan fingerprint density at radius 3 is 2.45 bits per heavy atom. The Morgan fingerprint density at radius 2 is 1.77 bits per heavy atom. The van der Waals surface area contributed by atoms with Crippen molar-refractivity contribution in [2.75, 3.05) is 12.3 Å². The van der Waals surface area contributed by atoms with Crippen LogP contribution in [-0.4, -0.2) is 23.1 Å². The molecule has 0 spiro atoms. The van der Waals surface area contributed by atoms with Crippen molar-refractivity contribution >= 4 is 52.5 Å². The molecule has 1 fully saturated rings. The van der Waals surface area contributed by atoms with Crippen molar-refractivity contribution in [3.8, 4) is 0 Å². The molecular formula is C16H12Cl3NOS. The van der Waals surface area contributed by atoms with Gasteiger partial charge in [0.1, 0.15) is 5.37 Å². The highest BCUT2D eigenvalue weighted by Crippen LogP contribution is 2.39. The Hall–Kier alpha value is -0.870. The van der Waals surface area contributed by atoms with Crippen LogP contribution in [-0.2, 0) is 0 Å². The predicted molar refractivity (Wildman–Crippen MR) is 94.1 cm³/mol. The summed E-state index contributed by atoms with van der Waals surface area (Å²) in [5.41, 5.74) is 1.53. The molecule has 1 saturated heterocycles. The molecule has 2 nitrogen and oxygen atoms in total. The molecule has 0 unspecified atom stereocenters. The first kappa shape index (κ1) is 16.0. The van der Waals surface area contributed by atoms with E-state index in [0.29, 0.717) is 27.2 Å². The molecular weight excluding hydrogens is 361 g/mol. The fourth-order valence-corrected chi connectivity index (χ4v) is 4.43. The Kier molecular flexibility index (Phi) is 4.88. The van der Waals surface area contributed by atoms with E-state index in [0.717, 1.165) is 11.3 Å². The molecule has 114 valence electrons. The lowest BCUT2D eigenvalue weighted by molar-refractivity contribution is 0.0760. The maximum absolute atomic E-state index is 12.8. The van der Waals surface area contributed by atoms with E-state index in [4.69, 9.17) is 34.8 Å². The van der Waals surface area contributed by atoms with E-state index in [2.05, 4.69) is 0 Å². The quantitative estimate of drug-likeness (QED) is 0.690. The van der Waals surface area contributed by atoms with Gasteiger partial charge in [0.15, 0.2) is 0 Å². The maximum atomic E-state index is 12.8. The van der Waals surface area contributed by atoms with Gasteiger partial charge >= 0.3 is 0 Å². The molecule has 3 rings (SSSR count). The summed E-state index contributed by atoms with van der Waals surface area (Å²) in [5.74, 6) is 0.816. The zero-order chi connectivity index (χ0) is 15.7. The average Bonchev–Trinajstić information content (AvgIpc) is 2.94. The molecule has 1 heterocycles. The van der Waals surface area contributed by atoms with Crippen LogP contribution in [0.15, 0.2) is 42.5 Å². The second-order valence-electron chi connectivity index (χ2n) is 4.93. The van der Waals surface area contributed by atoms with E-state index in [1.54, 1.807) is 30.0 Å². The Balaban J connectivity index is 1.91. The number of rotatable bonds is 2. The minimum Gasteiger partial charge on any atom is -0.322 e. The standard InChI is InChI=1S/C16H12Cl3NOS/c17-12-3-1-2-10(6-12)16-20(4-5-22-16)15(21)11-7-13(18)9-14(19)8-11/h1-3,6-9,16H,4-5H2/t16-/m0/s1. The summed E-state index contributed by atoms with van der Waals surface area (Å²) in [6.45, 7) is 0.685. The fraction of sp³-hybridized carbons (Fsp3) is 0.188. The van der Waals surface area contributed by atoms with Crippen molar-refractivity contribution in [2.24, 2.45) is 0 Å². The number of carbonyl (C=O) groups is 1. The van der Waals surface area contributed by atoms with Crippen LogP contribution in [0.4, 0.5) is 0 Å². The van der Waals surface area contributed by atoms with Gasteiger partial charge in [-0.2, -0.15) is 0 Å². The highest BCUT2D eigenvalue weighted by atomic mass is 35.5. The lowest BCUT2D eigenvalue weighted by atomic mass is 10.1. The molecule has 0 bridgehead atoms. The number of hydrogen-bond acceptors (Lipinski definition) is 2. The zero-order valence-electron chi connectivity index (χ0n) is 11.4. The topological polar surface area (TPSA) is 20.3 Å². The summed E-state index contributed by atoms with van der Waals surface area (Å²) in [5, 5.41) is 1.55. The largest absolute Gasteiger partial charge is 0.322 e. The minimum atomic E-state index is -0.0700. The van der Waals surface area contributed by atoms with Crippen LogP contribution in [0.3, 0.4) is 0 Å². The van der Waals surface area contributed by atoms with Gasteiger partial charge in [0.2, 0.25) is 0 Å². The number of hydrogen-bond donors (Lipinski definition) is 0. The number of thioether (sulfide) groups is 1. The van der Waals surface area contributed by atoms with Gasteiger partial charge in [-0.25, -0.2) is 0 Å². The van der Waals surface area contributed by atoms with Gasteiger partial charge in [0.25, 0.3) is 5.91 Å². The first-order valence-corrected chi connectivity index (χ1v) is 8.87. The molecule has 1 amide bonds. The molecule has 22 heavy (non-hydrogen) atoms. The zero-order valence-corrected chi connectivity index (χ0v) is 14.5. The maximum Gasteiger partial charge on any atom is 0.255 e. The number of halogens is 3. The molecule has 2 aromatic rings. The van der Waals surface area contributed by atoms with Crippen molar-refractivity contribution < 1.29 is 4.79 Å². The molecule has 0 aromatic heterocycles. The molecule has 0 aliphatic carbocycles. The van der Waals surface area contributed by atoms with Crippen LogP contribution in [0.5, 0.6) is 0 Å². The monoisotopic (exact) mass is 371 g/mol. The predicted octanol–water partition coefficient (Wildman–Crippen LogP) is 5.53. The lowest BCUT2D eigenvalue weighted by Crippen LogP contribution is -2.30. The van der Waals surface area contributed by atoms with E-state index < -0.39 is 0 Å². The summed E-state index contributed by atoms with van der Waals surface area (Å²) in [6.07, 6.45) is 0. The molecule has 2 aromatic carbocycles. The van der Waals surface area contributed by atoms with Crippen LogP contribution in [0.2, 0.25) is 15.1 Å². The van der Waals surface area contributed by atoms with E-state index in [9.17, 15) is 4.79 Å². The minimum absolute atomic E-state index is 0.0380. The van der Waals surface area contributed by atoms with Crippen molar-refractivity contribution in [3.63, 3.8) is 0 Å². The third kappa shape index (κ3) is 3.38. The van der Waals surface area contributed by atoms with Crippen molar-refractivity contribution in [3.05, 3.63) is 68.7 Å². The van der Waals surface area contributed by atoms with Gasteiger partial charge in [-0.05, 0) is 35.9 Å². The normalized spacial score (nSPS) is 17.8. The Labute approximate surface area is 148 Å². The second-order valence-corrected chi connectivity index (χ2v) is 7.43. The van der Waals surface area contributed by atoms with Crippen LogP contribution < -0.4 is 0 Å². The van der Waals surface area contributed by atoms with Gasteiger partial charge in [-0.3, -0.25) is 4.79 Å². The molecule has 1 atom stereocenters. The third-order valence-corrected chi connectivity index (χ3v) is 5.33. The Bertz CT molecular complexity index is 702. The number of benzene rings is 2. The summed E-state index contributed by atoms with van der Waals surface area (Å²) in [7, 11) is 0. The van der Waals surface area contributed by atoms with Crippen molar-refractivity contribution in [1.82, 2.24) is 4.90 Å². The van der Waals surface area contributed by atoms with Gasteiger partial charge in [0, 0.05) is 32.9 Å². The van der Waals surface area contributed by atoms with Crippen LogP contribution in [0.1, 0.15) is 21.3 Å². The van der Waals surface area contributed by atoms with Gasteiger partial charge in [-0.15, -0.1) is 11.8 Å². The highest BCUT2D eigenvalue weighted by molar-refractivity contribution is 7.99. The molecule has 0 saturated carbocycles. The molecule has 0 radical (unpaired) electrons. The average molecular weight is 373 g/mol. The Morgan fingerprint density at radius 1 is 1.05 bits per heavy atom. The van der Waals surface area contributed by atoms with E-state index >= 15 is 0 Å². The summed E-state index contributed by atoms with van der Waals surface area (Å²) >= 11 is 19.8. The fourth-order valence-electron chi connectivity index (χ4n) is 2.46. The van der Waals surface area contributed by atoms with Gasteiger partial charge < -0.3 is 4.90 Å². The number of carbonyl (C=O) groups excluding carboxylic acids is 1. The second kappa shape index (κ2) is 6.71. The highest BCUT2D eigenvalue weighted by Gasteiger charge is 2.31. The first-order chi connectivity index (χ1) is 10.5. The van der Waals surface area contributed by atoms with Gasteiger partial charge in [-0.1, -0.05) is 46.9 Å². The number of nitrogens with zero attached hydrogens (tertiary/aromatic N) is 1. The van der Waals surface area contributed by atoms with Crippen LogP contribution in [0, 0.1) is 0 Å². The van der Waals surface area contributed by atoms with E-state index in [-0.39, 0.29) is 11.3 Å². The van der Waals surface area contributed by atoms with Crippen molar-refractivity contribution in [2.45, 2.75) is 5.37 Å². The number of amides is 1. The SMILES string of the molecule is O=C(c1cc(Cl)cc(Cl)c1)N1CCS[C@H]1c1cccc(Cl)c1. The lowest BCUT2D eigenvalue weighted by Gasteiger charge is -2.24. The van der Waals surface area contributed by atoms with Gasteiger partial charge in [0.05, 0.1) is 0 Å². The van der Waals surface area contributed by atoms with E-state index in [1.165, 1.54) is 0 Å². The smallest absolute Gasteiger partial charge is 0.255 e. The van der Waals surface area contributed by atoms with Crippen LogP contribution in [0.25, 0.3) is 0 Å². The van der Waals surface area contributed by atoms with Crippen LogP contribution >= 0.6 is 46.6 Å².